The fourth-order valence-corrected chi connectivity index (χ4v) is 0.802. The van der Waals surface area contributed by atoms with E-state index in [1.807, 2.05) is 19.1 Å². The third kappa shape index (κ3) is 1.79. The Morgan fingerprint density at radius 1 is 1.64 bits per heavy atom. The highest BCUT2D eigenvalue weighted by Crippen LogP contribution is 2.07. The molecule has 0 aliphatic carbocycles. The zero-order chi connectivity index (χ0) is 8.27. The summed E-state index contributed by atoms with van der Waals surface area (Å²) in [4.78, 5) is 4.05. The van der Waals surface area contributed by atoms with Crippen molar-refractivity contribution in [3.63, 3.8) is 0 Å². The number of hydrogen-bond donors (Lipinski definition) is 1. The smallest absolute Gasteiger partial charge is 0.156 e. The van der Waals surface area contributed by atoms with Gasteiger partial charge in [0, 0.05) is 5.69 Å². The van der Waals surface area contributed by atoms with Crippen LogP contribution in [0.4, 0.5) is 0 Å². The average Bonchev–Trinajstić information content (AvgIpc) is 2.03. The van der Waals surface area contributed by atoms with Crippen LogP contribution in [0.25, 0.3) is 0 Å². The fourth-order valence-electron chi connectivity index (χ4n) is 0.802. The normalized spacial score (nSPS) is 12.1. The van der Waals surface area contributed by atoms with E-state index in [0.29, 0.717) is 5.69 Å². The number of terminal acetylenes is 1. The summed E-state index contributed by atoms with van der Waals surface area (Å²) in [7, 11) is 0. The summed E-state index contributed by atoms with van der Waals surface area (Å²) in [5.41, 5.74) is 1.39. The summed E-state index contributed by atoms with van der Waals surface area (Å²) in [6.07, 6.45) is 4.13. The quantitative estimate of drug-likeness (QED) is 0.602. The molecule has 0 fully saturated rings. The van der Waals surface area contributed by atoms with Crippen molar-refractivity contribution in [2.45, 2.75) is 13.0 Å². The third-order valence-electron chi connectivity index (χ3n) is 1.35. The molecule has 56 valence electrons. The monoisotopic (exact) mass is 147 g/mol. The molecule has 0 aliphatic heterocycles. The molecule has 2 heteroatoms. The molecule has 1 heterocycles. The largest absolute Gasteiger partial charge is 0.374 e. The molecule has 1 unspecified atom stereocenters. The lowest BCUT2D eigenvalue weighted by atomic mass is 10.2. The van der Waals surface area contributed by atoms with Gasteiger partial charge < -0.3 is 5.11 Å². The molecular weight excluding hydrogens is 138 g/mol. The van der Waals surface area contributed by atoms with Gasteiger partial charge in [-0.3, -0.25) is 4.98 Å². The first-order valence-corrected chi connectivity index (χ1v) is 3.32. The van der Waals surface area contributed by atoms with Crippen molar-refractivity contribution >= 4 is 0 Å². The van der Waals surface area contributed by atoms with E-state index in [1.165, 1.54) is 0 Å². The number of aliphatic hydroxyl groups is 1. The fraction of sp³-hybridized carbons (Fsp3) is 0.222. The minimum atomic E-state index is -0.880. The van der Waals surface area contributed by atoms with Gasteiger partial charge in [0.25, 0.3) is 0 Å². The first-order valence-electron chi connectivity index (χ1n) is 3.32. The maximum Gasteiger partial charge on any atom is 0.156 e. The molecule has 11 heavy (non-hydrogen) atoms. The van der Waals surface area contributed by atoms with Crippen molar-refractivity contribution < 1.29 is 5.11 Å². The number of aliphatic hydroxyl groups excluding tert-OH is 1. The highest BCUT2D eigenvalue weighted by atomic mass is 16.3. The minimum Gasteiger partial charge on any atom is -0.374 e. The van der Waals surface area contributed by atoms with Crippen molar-refractivity contribution in [3.05, 3.63) is 29.6 Å². The first-order chi connectivity index (χ1) is 5.24. The summed E-state index contributed by atoms with van der Waals surface area (Å²) in [5.74, 6) is 2.20. The Morgan fingerprint density at radius 3 is 2.91 bits per heavy atom. The van der Waals surface area contributed by atoms with E-state index in [-0.39, 0.29) is 0 Å². The highest BCUT2D eigenvalue weighted by Gasteiger charge is 2.02. The molecule has 0 saturated carbocycles. The second-order valence-corrected chi connectivity index (χ2v) is 2.27. The van der Waals surface area contributed by atoms with Crippen LogP contribution in [0.2, 0.25) is 0 Å². The van der Waals surface area contributed by atoms with Gasteiger partial charge in [0.15, 0.2) is 6.10 Å². The number of hydrogen-bond acceptors (Lipinski definition) is 2. The molecule has 0 radical (unpaired) electrons. The van der Waals surface area contributed by atoms with Gasteiger partial charge >= 0.3 is 0 Å². The second kappa shape index (κ2) is 3.18. The van der Waals surface area contributed by atoms with Crippen LogP contribution in [0.5, 0.6) is 0 Å². The molecule has 0 saturated heterocycles. The molecular formula is C9H9NO. The second-order valence-electron chi connectivity index (χ2n) is 2.27. The van der Waals surface area contributed by atoms with Gasteiger partial charge in [0.2, 0.25) is 0 Å². The molecule has 0 amide bonds. The molecule has 1 aromatic heterocycles. The third-order valence-corrected chi connectivity index (χ3v) is 1.35. The van der Waals surface area contributed by atoms with Crippen molar-refractivity contribution in [1.29, 1.82) is 0 Å². The molecule has 1 N–H and O–H groups in total. The van der Waals surface area contributed by atoms with Crippen molar-refractivity contribution in [3.8, 4) is 12.3 Å². The van der Waals surface area contributed by atoms with E-state index in [4.69, 9.17) is 11.5 Å². The van der Waals surface area contributed by atoms with E-state index in [9.17, 15) is 0 Å². The van der Waals surface area contributed by atoms with Gasteiger partial charge in [0.05, 0.1) is 5.69 Å². The van der Waals surface area contributed by atoms with E-state index >= 15 is 0 Å². The summed E-state index contributed by atoms with van der Waals surface area (Å²) in [6.45, 7) is 1.85. The number of rotatable bonds is 1. The number of aromatic nitrogens is 1. The standard InChI is InChI=1S/C9H9NO/c1-3-9(11)8-6-4-5-7(2)10-8/h1,4-6,9,11H,2H3. The number of aryl methyl sites for hydroxylation is 1. The Labute approximate surface area is 65.9 Å². The van der Waals surface area contributed by atoms with Crippen molar-refractivity contribution in [2.75, 3.05) is 0 Å². The molecule has 1 aromatic rings. The highest BCUT2D eigenvalue weighted by molar-refractivity contribution is 5.17. The predicted octanol–water partition coefficient (Wildman–Crippen LogP) is 1.06. The Kier molecular flexibility index (Phi) is 2.25. The lowest BCUT2D eigenvalue weighted by molar-refractivity contribution is 0.233. The lowest BCUT2D eigenvalue weighted by Gasteiger charge is -2.01. The predicted molar refractivity (Wildman–Crippen MR) is 42.8 cm³/mol. The average molecular weight is 147 g/mol. The van der Waals surface area contributed by atoms with E-state index < -0.39 is 6.10 Å². The zero-order valence-corrected chi connectivity index (χ0v) is 6.28. The van der Waals surface area contributed by atoms with Gasteiger partial charge in [0.1, 0.15) is 0 Å². The van der Waals surface area contributed by atoms with Crippen LogP contribution in [0, 0.1) is 19.3 Å². The summed E-state index contributed by atoms with van der Waals surface area (Å²) in [6, 6.07) is 5.38. The molecule has 1 rings (SSSR count). The summed E-state index contributed by atoms with van der Waals surface area (Å²) < 4.78 is 0. The maximum absolute atomic E-state index is 9.16. The van der Waals surface area contributed by atoms with Gasteiger partial charge in [-0.1, -0.05) is 12.0 Å². The Bertz CT molecular complexity index is 288. The van der Waals surface area contributed by atoms with E-state index in [1.54, 1.807) is 6.07 Å². The Hall–Kier alpha value is -1.33. The zero-order valence-electron chi connectivity index (χ0n) is 6.28. The topological polar surface area (TPSA) is 33.1 Å². The van der Waals surface area contributed by atoms with Crippen molar-refractivity contribution in [2.24, 2.45) is 0 Å². The maximum atomic E-state index is 9.16. The van der Waals surface area contributed by atoms with Crippen molar-refractivity contribution in [1.82, 2.24) is 4.98 Å². The van der Waals surface area contributed by atoms with Gasteiger partial charge in [-0.2, -0.15) is 0 Å². The number of pyridine rings is 1. The Morgan fingerprint density at radius 2 is 2.36 bits per heavy atom. The van der Waals surface area contributed by atoms with Crippen LogP contribution in [0.1, 0.15) is 17.5 Å². The van der Waals surface area contributed by atoms with Crippen LogP contribution in [0.15, 0.2) is 18.2 Å². The Balaban J connectivity index is 2.98. The first kappa shape index (κ1) is 7.77. The summed E-state index contributed by atoms with van der Waals surface area (Å²) in [5, 5.41) is 9.16. The molecule has 0 bridgehead atoms. The van der Waals surface area contributed by atoms with Crippen LogP contribution in [-0.2, 0) is 0 Å². The number of nitrogens with zero attached hydrogens (tertiary/aromatic N) is 1. The van der Waals surface area contributed by atoms with Crippen LogP contribution < -0.4 is 0 Å². The molecule has 0 aromatic carbocycles. The van der Waals surface area contributed by atoms with E-state index in [2.05, 4.69) is 10.9 Å². The molecule has 2 nitrogen and oxygen atoms in total. The SMILES string of the molecule is C#CC(O)c1cccc(C)n1. The van der Waals surface area contributed by atoms with Crippen LogP contribution >= 0.6 is 0 Å². The van der Waals surface area contributed by atoms with Gasteiger partial charge in [-0.05, 0) is 19.1 Å². The van der Waals surface area contributed by atoms with Gasteiger partial charge in [-0.15, -0.1) is 6.42 Å². The molecule has 1 atom stereocenters. The summed E-state index contributed by atoms with van der Waals surface area (Å²) >= 11 is 0. The van der Waals surface area contributed by atoms with Gasteiger partial charge in [-0.25, -0.2) is 0 Å². The van der Waals surface area contributed by atoms with Crippen LogP contribution in [0.3, 0.4) is 0 Å². The minimum absolute atomic E-state index is 0.535. The lowest BCUT2D eigenvalue weighted by Crippen LogP contribution is -1.97. The van der Waals surface area contributed by atoms with Crippen LogP contribution in [-0.4, -0.2) is 10.1 Å². The molecule has 0 spiro atoms. The molecule has 0 aliphatic rings. The van der Waals surface area contributed by atoms with E-state index in [0.717, 1.165) is 5.69 Å².